The van der Waals surface area contributed by atoms with Crippen LogP contribution in [0.2, 0.25) is 19.6 Å². The molecule has 0 aliphatic heterocycles. The molecule has 0 heterocycles. The van der Waals surface area contributed by atoms with Crippen molar-refractivity contribution in [1.29, 1.82) is 0 Å². The molecule has 0 aromatic heterocycles. The zero-order chi connectivity index (χ0) is 18.4. The molecule has 0 unspecified atom stereocenters. The SMILES string of the molecule is C/C=C/C[S@@](=O)(=N[C@H](CO[Si](C)(C)C)C(C)C)c1ccc(C)cc1. The van der Waals surface area contributed by atoms with Gasteiger partial charge in [0.05, 0.1) is 28.1 Å². The number of allylic oxidation sites excluding steroid dienone is 1. The third kappa shape index (κ3) is 6.91. The van der Waals surface area contributed by atoms with Crippen molar-refractivity contribution < 1.29 is 8.63 Å². The van der Waals surface area contributed by atoms with Crippen LogP contribution in [-0.4, -0.2) is 30.9 Å². The van der Waals surface area contributed by atoms with Gasteiger partial charge < -0.3 is 4.43 Å². The van der Waals surface area contributed by atoms with Gasteiger partial charge in [-0.1, -0.05) is 43.7 Å². The van der Waals surface area contributed by atoms with Gasteiger partial charge in [0.15, 0.2) is 8.32 Å². The summed E-state index contributed by atoms with van der Waals surface area (Å²) in [5.74, 6) is 0.737. The fourth-order valence-electron chi connectivity index (χ4n) is 2.08. The maximum atomic E-state index is 13.6. The Morgan fingerprint density at radius 2 is 1.79 bits per heavy atom. The van der Waals surface area contributed by atoms with Crippen LogP contribution in [-0.2, 0) is 14.2 Å². The van der Waals surface area contributed by atoms with E-state index < -0.39 is 18.0 Å². The summed E-state index contributed by atoms with van der Waals surface area (Å²) < 4.78 is 24.5. The number of hydrogen-bond acceptors (Lipinski definition) is 3. The lowest BCUT2D eigenvalue weighted by atomic mass is 10.1. The van der Waals surface area contributed by atoms with E-state index >= 15 is 0 Å². The first kappa shape index (κ1) is 21.1. The number of benzene rings is 1. The lowest BCUT2D eigenvalue weighted by Crippen LogP contribution is -2.32. The second kappa shape index (κ2) is 8.97. The molecule has 0 bridgehead atoms. The monoisotopic (exact) mass is 367 g/mol. The highest BCUT2D eigenvalue weighted by molar-refractivity contribution is 7.93. The predicted molar refractivity (Wildman–Crippen MR) is 108 cm³/mol. The molecular formula is C19H33NO2SSi. The Morgan fingerprint density at radius 1 is 1.21 bits per heavy atom. The summed E-state index contributed by atoms with van der Waals surface area (Å²) in [7, 11) is -4.11. The summed E-state index contributed by atoms with van der Waals surface area (Å²) in [5.41, 5.74) is 1.16. The van der Waals surface area contributed by atoms with Crippen molar-refractivity contribution in [1.82, 2.24) is 0 Å². The Balaban J connectivity index is 3.26. The molecule has 2 atom stereocenters. The average Bonchev–Trinajstić information content (AvgIpc) is 2.49. The normalized spacial score (nSPS) is 16.3. The minimum Gasteiger partial charge on any atom is -0.415 e. The zero-order valence-corrected chi connectivity index (χ0v) is 18.0. The third-order valence-corrected chi connectivity index (χ3v) is 7.01. The molecule has 1 aromatic carbocycles. The minimum absolute atomic E-state index is 0.0595. The van der Waals surface area contributed by atoms with E-state index in [-0.39, 0.29) is 6.04 Å². The van der Waals surface area contributed by atoms with E-state index in [1.807, 2.05) is 50.3 Å². The van der Waals surface area contributed by atoms with Crippen molar-refractivity contribution in [3.8, 4) is 0 Å². The van der Waals surface area contributed by atoms with Gasteiger partial charge in [-0.3, -0.25) is 0 Å². The lowest BCUT2D eigenvalue weighted by Gasteiger charge is -2.24. The van der Waals surface area contributed by atoms with Crippen molar-refractivity contribution in [2.75, 3.05) is 12.4 Å². The number of nitrogens with zero attached hydrogens (tertiary/aromatic N) is 1. The quantitative estimate of drug-likeness (QED) is 0.463. The van der Waals surface area contributed by atoms with Crippen molar-refractivity contribution in [3.05, 3.63) is 42.0 Å². The van der Waals surface area contributed by atoms with Gasteiger partial charge in [0.2, 0.25) is 0 Å². The van der Waals surface area contributed by atoms with Crippen molar-refractivity contribution in [2.45, 2.75) is 58.3 Å². The molecule has 0 saturated carbocycles. The molecule has 0 fully saturated rings. The van der Waals surface area contributed by atoms with Gasteiger partial charge in [0.1, 0.15) is 0 Å². The molecule has 0 aliphatic rings. The molecular weight excluding hydrogens is 334 g/mol. The Morgan fingerprint density at radius 3 is 2.25 bits per heavy atom. The molecule has 0 spiro atoms. The Bertz CT molecular complexity index is 651. The number of hydrogen-bond donors (Lipinski definition) is 0. The maximum Gasteiger partial charge on any atom is 0.183 e. The van der Waals surface area contributed by atoms with Gasteiger partial charge in [-0.25, -0.2) is 8.57 Å². The first-order valence-corrected chi connectivity index (χ1v) is 13.7. The van der Waals surface area contributed by atoms with Crippen LogP contribution in [0.25, 0.3) is 0 Å². The molecule has 5 heteroatoms. The van der Waals surface area contributed by atoms with Crippen LogP contribution in [0.3, 0.4) is 0 Å². The summed E-state index contributed by atoms with van der Waals surface area (Å²) >= 11 is 0. The van der Waals surface area contributed by atoms with E-state index in [1.54, 1.807) is 0 Å². The summed E-state index contributed by atoms with van der Waals surface area (Å²) in [4.78, 5) is 0.810. The molecule has 136 valence electrons. The van der Waals surface area contributed by atoms with E-state index in [0.29, 0.717) is 18.3 Å². The van der Waals surface area contributed by atoms with Crippen LogP contribution >= 0.6 is 0 Å². The standard InChI is InChI=1S/C19H33NO2SSi/c1-8-9-14-23(21,18-12-10-17(4)11-13-18)20-19(16(2)3)15-22-24(5,6)7/h8-13,16,19H,14-15H2,1-7H3/b9-8+/t19-,23+/m1/s1. The topological polar surface area (TPSA) is 38.7 Å². The minimum atomic E-state index is -2.48. The Labute approximate surface area is 149 Å². The molecule has 0 aliphatic carbocycles. The molecule has 1 rings (SSSR count). The highest BCUT2D eigenvalue weighted by Crippen LogP contribution is 2.20. The summed E-state index contributed by atoms with van der Waals surface area (Å²) in [5, 5.41) is 0. The zero-order valence-electron chi connectivity index (χ0n) is 16.2. The molecule has 24 heavy (non-hydrogen) atoms. The number of rotatable bonds is 8. The molecule has 0 saturated heterocycles. The highest BCUT2D eigenvalue weighted by atomic mass is 32.2. The summed E-state index contributed by atoms with van der Waals surface area (Å²) in [6.07, 6.45) is 3.88. The van der Waals surface area contributed by atoms with E-state index in [1.165, 1.54) is 0 Å². The molecule has 0 amide bonds. The van der Waals surface area contributed by atoms with Crippen LogP contribution in [0.1, 0.15) is 26.3 Å². The van der Waals surface area contributed by atoms with E-state index in [4.69, 9.17) is 8.79 Å². The first-order valence-electron chi connectivity index (χ1n) is 8.63. The van der Waals surface area contributed by atoms with Crippen molar-refractivity contribution in [3.63, 3.8) is 0 Å². The van der Waals surface area contributed by atoms with Gasteiger partial charge in [0.25, 0.3) is 0 Å². The smallest absolute Gasteiger partial charge is 0.183 e. The largest absolute Gasteiger partial charge is 0.415 e. The Kier molecular flexibility index (Phi) is 7.90. The van der Waals surface area contributed by atoms with Crippen molar-refractivity contribution >= 4 is 18.0 Å². The molecule has 0 radical (unpaired) electrons. The fourth-order valence-corrected chi connectivity index (χ4v) is 4.90. The van der Waals surface area contributed by atoms with Crippen LogP contribution in [0.5, 0.6) is 0 Å². The van der Waals surface area contributed by atoms with Crippen LogP contribution in [0.4, 0.5) is 0 Å². The fraction of sp³-hybridized carbons (Fsp3) is 0.579. The van der Waals surface area contributed by atoms with Gasteiger partial charge in [-0.2, -0.15) is 0 Å². The van der Waals surface area contributed by atoms with Gasteiger partial charge >= 0.3 is 0 Å². The van der Waals surface area contributed by atoms with Gasteiger partial charge in [-0.15, -0.1) is 0 Å². The maximum absolute atomic E-state index is 13.6. The van der Waals surface area contributed by atoms with Crippen molar-refractivity contribution in [2.24, 2.45) is 10.3 Å². The highest BCUT2D eigenvalue weighted by Gasteiger charge is 2.22. The predicted octanol–water partition coefficient (Wildman–Crippen LogP) is 5.27. The van der Waals surface area contributed by atoms with E-state index in [2.05, 4.69) is 33.5 Å². The van der Waals surface area contributed by atoms with Crippen LogP contribution in [0.15, 0.2) is 45.7 Å². The average molecular weight is 368 g/mol. The molecule has 1 aromatic rings. The second-order valence-electron chi connectivity index (χ2n) is 7.53. The lowest BCUT2D eigenvalue weighted by molar-refractivity contribution is 0.256. The van der Waals surface area contributed by atoms with E-state index in [9.17, 15) is 4.21 Å². The molecule has 3 nitrogen and oxygen atoms in total. The first-order chi connectivity index (χ1) is 11.1. The third-order valence-electron chi connectivity index (χ3n) is 3.71. The van der Waals surface area contributed by atoms with Crippen LogP contribution in [0, 0.1) is 12.8 Å². The van der Waals surface area contributed by atoms with Gasteiger partial charge in [0, 0.05) is 4.90 Å². The second-order valence-corrected chi connectivity index (χ2v) is 14.3. The number of aryl methyl sites for hydroxylation is 1. The summed E-state index contributed by atoms with van der Waals surface area (Å²) in [6, 6.07) is 7.84. The van der Waals surface area contributed by atoms with Gasteiger partial charge in [-0.05, 0) is 51.5 Å². The molecule has 0 N–H and O–H groups in total. The van der Waals surface area contributed by atoms with E-state index in [0.717, 1.165) is 10.5 Å². The van der Waals surface area contributed by atoms with Crippen LogP contribution < -0.4 is 0 Å². The summed E-state index contributed by atoms with van der Waals surface area (Å²) in [6.45, 7) is 15.3. The Hall–Kier alpha value is -0.913.